The number of amides is 2. The van der Waals surface area contributed by atoms with Gasteiger partial charge in [0.25, 0.3) is 5.69 Å². The van der Waals surface area contributed by atoms with Crippen LogP contribution in [-0.4, -0.2) is 16.7 Å². The Bertz CT molecular complexity index is 896. The molecule has 0 atom stereocenters. The van der Waals surface area contributed by atoms with Crippen LogP contribution in [0, 0.1) is 21.7 Å². The SMILES string of the molecule is CC(=O)Nc1cc(NC(=O)/C=C/c2ccc([N+](=O)[O-])cc2)c(F)cc1F. The first-order chi connectivity index (χ1) is 12.3. The van der Waals surface area contributed by atoms with E-state index in [1.807, 2.05) is 0 Å². The van der Waals surface area contributed by atoms with Crippen molar-refractivity contribution in [3.63, 3.8) is 0 Å². The molecule has 0 bridgehead atoms. The molecule has 2 aromatic carbocycles. The van der Waals surface area contributed by atoms with Gasteiger partial charge in [-0.3, -0.25) is 19.7 Å². The summed E-state index contributed by atoms with van der Waals surface area (Å²) in [6, 6.07) is 6.93. The van der Waals surface area contributed by atoms with E-state index in [0.29, 0.717) is 11.6 Å². The van der Waals surface area contributed by atoms with Gasteiger partial charge in [-0.25, -0.2) is 8.78 Å². The maximum absolute atomic E-state index is 13.8. The van der Waals surface area contributed by atoms with Gasteiger partial charge in [0.2, 0.25) is 11.8 Å². The van der Waals surface area contributed by atoms with Crippen LogP contribution in [0.2, 0.25) is 0 Å². The van der Waals surface area contributed by atoms with Crippen LogP contribution in [0.25, 0.3) is 6.08 Å². The number of non-ortho nitro benzene ring substituents is 1. The number of carbonyl (C=O) groups is 2. The van der Waals surface area contributed by atoms with Gasteiger partial charge in [-0.2, -0.15) is 0 Å². The van der Waals surface area contributed by atoms with E-state index in [4.69, 9.17) is 0 Å². The molecule has 0 fully saturated rings. The van der Waals surface area contributed by atoms with Crippen LogP contribution in [0.3, 0.4) is 0 Å². The van der Waals surface area contributed by atoms with Crippen molar-refractivity contribution in [3.05, 3.63) is 69.8 Å². The van der Waals surface area contributed by atoms with E-state index in [1.54, 1.807) is 0 Å². The Kier molecular flexibility index (Phi) is 5.74. The number of anilines is 2. The summed E-state index contributed by atoms with van der Waals surface area (Å²) >= 11 is 0. The Labute approximate surface area is 146 Å². The van der Waals surface area contributed by atoms with Crippen molar-refractivity contribution in [2.75, 3.05) is 10.6 Å². The number of benzene rings is 2. The van der Waals surface area contributed by atoms with Gasteiger partial charge in [0.1, 0.15) is 11.6 Å². The van der Waals surface area contributed by atoms with Gasteiger partial charge in [-0.15, -0.1) is 0 Å². The number of nitrogens with one attached hydrogen (secondary N) is 2. The van der Waals surface area contributed by atoms with Crippen LogP contribution < -0.4 is 10.6 Å². The molecule has 0 radical (unpaired) electrons. The quantitative estimate of drug-likeness (QED) is 0.483. The number of hydrogen-bond donors (Lipinski definition) is 2. The maximum Gasteiger partial charge on any atom is 0.269 e. The molecule has 7 nitrogen and oxygen atoms in total. The monoisotopic (exact) mass is 361 g/mol. The first kappa shape index (κ1) is 18.7. The number of nitro benzene ring substituents is 1. The molecular weight excluding hydrogens is 348 g/mol. The van der Waals surface area contributed by atoms with Crippen LogP contribution >= 0.6 is 0 Å². The predicted octanol–water partition coefficient (Wildman–Crippen LogP) is 3.48. The Morgan fingerprint density at radius 3 is 2.15 bits per heavy atom. The summed E-state index contributed by atoms with van der Waals surface area (Å²) in [6.45, 7) is 1.16. The van der Waals surface area contributed by atoms with Crippen LogP contribution in [0.4, 0.5) is 25.8 Å². The molecule has 0 saturated carbocycles. The minimum Gasteiger partial charge on any atom is -0.324 e. The lowest BCUT2D eigenvalue weighted by atomic mass is 10.2. The molecule has 0 aliphatic rings. The average molecular weight is 361 g/mol. The van der Waals surface area contributed by atoms with Gasteiger partial charge in [0, 0.05) is 31.2 Å². The third-order valence-electron chi connectivity index (χ3n) is 3.16. The van der Waals surface area contributed by atoms with Crippen LogP contribution in [-0.2, 0) is 9.59 Å². The summed E-state index contributed by atoms with van der Waals surface area (Å²) in [5.74, 6) is -3.24. The summed E-state index contributed by atoms with van der Waals surface area (Å²) in [4.78, 5) is 32.9. The second-order valence-electron chi connectivity index (χ2n) is 5.16. The minimum absolute atomic E-state index is 0.0921. The molecule has 2 rings (SSSR count). The Hall–Kier alpha value is -3.62. The summed E-state index contributed by atoms with van der Waals surface area (Å²) in [7, 11) is 0. The number of hydrogen-bond acceptors (Lipinski definition) is 4. The zero-order valence-corrected chi connectivity index (χ0v) is 13.5. The zero-order chi connectivity index (χ0) is 19.3. The van der Waals surface area contributed by atoms with E-state index in [1.165, 1.54) is 30.3 Å². The molecular formula is C17H13F2N3O4. The molecule has 0 aromatic heterocycles. The topological polar surface area (TPSA) is 101 Å². The van der Waals surface area contributed by atoms with E-state index >= 15 is 0 Å². The zero-order valence-electron chi connectivity index (χ0n) is 13.5. The fourth-order valence-corrected chi connectivity index (χ4v) is 1.98. The average Bonchev–Trinajstić information content (AvgIpc) is 2.57. The Morgan fingerprint density at radius 2 is 1.62 bits per heavy atom. The van der Waals surface area contributed by atoms with Crippen molar-refractivity contribution < 1.29 is 23.3 Å². The second-order valence-corrected chi connectivity index (χ2v) is 5.16. The highest BCUT2D eigenvalue weighted by Gasteiger charge is 2.12. The number of carbonyl (C=O) groups excluding carboxylic acids is 2. The number of rotatable bonds is 5. The molecule has 0 heterocycles. The van der Waals surface area contributed by atoms with Crippen molar-refractivity contribution >= 4 is 35.0 Å². The Morgan fingerprint density at radius 1 is 1.04 bits per heavy atom. The first-order valence-electron chi connectivity index (χ1n) is 7.26. The van der Waals surface area contributed by atoms with Gasteiger partial charge < -0.3 is 10.6 Å². The third kappa shape index (κ3) is 4.94. The van der Waals surface area contributed by atoms with Gasteiger partial charge in [0.15, 0.2) is 0 Å². The standard InChI is InChI=1S/C17H13F2N3O4/c1-10(23)20-15-9-16(14(19)8-13(15)18)21-17(24)7-4-11-2-5-12(6-3-11)22(25)26/h2-9H,1H3,(H,20,23)(H,21,24)/b7-4+. The van der Waals surface area contributed by atoms with E-state index in [9.17, 15) is 28.5 Å². The normalized spacial score (nSPS) is 10.6. The van der Waals surface area contributed by atoms with Crippen LogP contribution in [0.5, 0.6) is 0 Å². The Balaban J connectivity index is 2.11. The lowest BCUT2D eigenvalue weighted by Crippen LogP contribution is -2.12. The van der Waals surface area contributed by atoms with E-state index in [2.05, 4.69) is 10.6 Å². The van der Waals surface area contributed by atoms with Crippen molar-refractivity contribution in [2.45, 2.75) is 6.92 Å². The molecule has 0 saturated heterocycles. The third-order valence-corrected chi connectivity index (χ3v) is 3.16. The van der Waals surface area contributed by atoms with Crippen LogP contribution in [0.1, 0.15) is 12.5 Å². The van der Waals surface area contributed by atoms with Gasteiger partial charge in [0.05, 0.1) is 16.3 Å². The number of nitro groups is 1. The molecule has 0 aliphatic carbocycles. The second kappa shape index (κ2) is 7.97. The van der Waals surface area contributed by atoms with Gasteiger partial charge in [-0.1, -0.05) is 0 Å². The molecule has 2 N–H and O–H groups in total. The number of nitrogens with zero attached hydrogens (tertiary/aromatic N) is 1. The van der Waals surface area contributed by atoms with Gasteiger partial charge in [-0.05, 0) is 29.8 Å². The molecule has 0 unspecified atom stereocenters. The predicted molar refractivity (Wildman–Crippen MR) is 91.4 cm³/mol. The van der Waals surface area contributed by atoms with Crippen LogP contribution in [0.15, 0.2) is 42.5 Å². The van der Waals surface area contributed by atoms with E-state index < -0.39 is 28.4 Å². The highest BCUT2D eigenvalue weighted by atomic mass is 19.1. The lowest BCUT2D eigenvalue weighted by Gasteiger charge is -2.09. The molecule has 134 valence electrons. The first-order valence-corrected chi connectivity index (χ1v) is 7.26. The molecule has 0 aliphatic heterocycles. The molecule has 9 heteroatoms. The highest BCUT2D eigenvalue weighted by molar-refractivity contribution is 6.02. The highest BCUT2D eigenvalue weighted by Crippen LogP contribution is 2.23. The van der Waals surface area contributed by atoms with Crippen molar-refractivity contribution in [3.8, 4) is 0 Å². The fraction of sp³-hybridized carbons (Fsp3) is 0.0588. The molecule has 2 amide bonds. The van der Waals surface area contributed by atoms with Crippen molar-refractivity contribution in [2.24, 2.45) is 0 Å². The van der Waals surface area contributed by atoms with E-state index in [-0.39, 0.29) is 17.1 Å². The lowest BCUT2D eigenvalue weighted by molar-refractivity contribution is -0.384. The largest absolute Gasteiger partial charge is 0.324 e. The maximum atomic E-state index is 13.8. The summed E-state index contributed by atoms with van der Waals surface area (Å²) in [6.07, 6.45) is 2.46. The van der Waals surface area contributed by atoms with E-state index in [0.717, 1.165) is 19.1 Å². The minimum atomic E-state index is -1.01. The fourth-order valence-electron chi connectivity index (χ4n) is 1.98. The van der Waals surface area contributed by atoms with Gasteiger partial charge >= 0.3 is 0 Å². The molecule has 2 aromatic rings. The number of halogens is 2. The van der Waals surface area contributed by atoms with Crippen molar-refractivity contribution in [1.82, 2.24) is 0 Å². The smallest absolute Gasteiger partial charge is 0.269 e. The summed E-state index contributed by atoms with van der Waals surface area (Å²) in [5.41, 5.74) is -0.156. The molecule has 0 spiro atoms. The molecule has 26 heavy (non-hydrogen) atoms. The summed E-state index contributed by atoms with van der Waals surface area (Å²) < 4.78 is 27.3. The van der Waals surface area contributed by atoms with Crippen molar-refractivity contribution in [1.29, 1.82) is 0 Å². The summed E-state index contributed by atoms with van der Waals surface area (Å²) in [5, 5.41) is 15.0.